The molecule has 1 amide bonds. The van der Waals surface area contributed by atoms with E-state index in [1.165, 1.54) is 12.1 Å². The maximum atomic E-state index is 12.0. The van der Waals surface area contributed by atoms with Gasteiger partial charge in [-0.15, -0.1) is 0 Å². The SMILES string of the molecule is CCc1ccc(OCC(=O)OCC(=O)N[C@H](C)c2ccc(S(N)(=O)=O)cc2)cc1. The van der Waals surface area contributed by atoms with Crippen LogP contribution >= 0.6 is 0 Å². The zero-order chi connectivity index (χ0) is 21.4. The van der Waals surface area contributed by atoms with E-state index in [0.29, 0.717) is 11.3 Å². The summed E-state index contributed by atoms with van der Waals surface area (Å²) in [6.07, 6.45) is 0.909. The lowest BCUT2D eigenvalue weighted by Gasteiger charge is -2.15. The molecule has 0 saturated carbocycles. The number of primary sulfonamides is 1. The molecule has 0 radical (unpaired) electrons. The lowest BCUT2D eigenvalue weighted by atomic mass is 10.1. The van der Waals surface area contributed by atoms with Crippen molar-refractivity contribution in [1.29, 1.82) is 0 Å². The first-order valence-corrected chi connectivity index (χ1v) is 10.5. The maximum Gasteiger partial charge on any atom is 0.344 e. The Morgan fingerprint density at radius 1 is 1.03 bits per heavy atom. The summed E-state index contributed by atoms with van der Waals surface area (Å²) in [5.74, 6) is -0.612. The van der Waals surface area contributed by atoms with Gasteiger partial charge in [-0.3, -0.25) is 4.79 Å². The van der Waals surface area contributed by atoms with E-state index in [1.807, 2.05) is 19.1 Å². The van der Waals surface area contributed by atoms with Gasteiger partial charge in [-0.25, -0.2) is 18.4 Å². The Morgan fingerprint density at radius 3 is 2.21 bits per heavy atom. The third kappa shape index (κ3) is 7.20. The highest BCUT2D eigenvalue weighted by atomic mass is 32.2. The second-order valence-corrected chi connectivity index (χ2v) is 7.91. The molecule has 0 aliphatic rings. The Morgan fingerprint density at radius 2 is 1.66 bits per heavy atom. The van der Waals surface area contributed by atoms with Crippen LogP contribution in [-0.4, -0.2) is 33.5 Å². The third-order valence-corrected chi connectivity index (χ3v) is 5.07. The molecule has 156 valence electrons. The summed E-state index contributed by atoms with van der Waals surface area (Å²) in [5.41, 5.74) is 1.83. The van der Waals surface area contributed by atoms with Crippen molar-refractivity contribution in [3.63, 3.8) is 0 Å². The van der Waals surface area contributed by atoms with Crippen LogP contribution in [0.15, 0.2) is 53.4 Å². The van der Waals surface area contributed by atoms with Crippen LogP contribution in [0.4, 0.5) is 0 Å². The summed E-state index contributed by atoms with van der Waals surface area (Å²) in [6, 6.07) is 12.8. The monoisotopic (exact) mass is 420 g/mol. The molecule has 3 N–H and O–H groups in total. The topological polar surface area (TPSA) is 125 Å². The van der Waals surface area contributed by atoms with Gasteiger partial charge in [0.1, 0.15) is 5.75 Å². The fourth-order valence-electron chi connectivity index (χ4n) is 2.46. The quantitative estimate of drug-likeness (QED) is 0.595. The molecule has 8 nitrogen and oxygen atoms in total. The second kappa shape index (κ2) is 10.0. The molecule has 0 unspecified atom stereocenters. The number of sulfonamides is 1. The van der Waals surface area contributed by atoms with E-state index >= 15 is 0 Å². The van der Waals surface area contributed by atoms with Gasteiger partial charge in [0.15, 0.2) is 13.2 Å². The van der Waals surface area contributed by atoms with Crippen LogP contribution in [0.2, 0.25) is 0 Å². The number of carbonyl (C=O) groups is 2. The molecular formula is C20H24N2O6S. The molecule has 0 aromatic heterocycles. The maximum absolute atomic E-state index is 12.0. The Balaban J connectivity index is 1.75. The number of hydrogen-bond acceptors (Lipinski definition) is 6. The standard InChI is InChI=1S/C20H24N2O6S/c1-3-15-4-8-17(9-5-15)27-13-20(24)28-12-19(23)22-14(2)16-6-10-18(11-7-16)29(21,25)26/h4-11,14H,3,12-13H2,1-2H3,(H,22,23)(H2,21,25,26)/t14-/m1/s1. The van der Waals surface area contributed by atoms with E-state index in [1.54, 1.807) is 31.2 Å². The number of carbonyl (C=O) groups excluding carboxylic acids is 2. The first-order chi connectivity index (χ1) is 13.7. The fraction of sp³-hybridized carbons (Fsp3) is 0.300. The second-order valence-electron chi connectivity index (χ2n) is 6.35. The van der Waals surface area contributed by atoms with Crippen molar-refractivity contribution >= 4 is 21.9 Å². The number of aryl methyl sites for hydroxylation is 1. The average molecular weight is 420 g/mol. The van der Waals surface area contributed by atoms with Crippen molar-refractivity contribution in [1.82, 2.24) is 5.32 Å². The summed E-state index contributed by atoms with van der Waals surface area (Å²) >= 11 is 0. The molecule has 1 atom stereocenters. The molecule has 0 fully saturated rings. The van der Waals surface area contributed by atoms with Crippen LogP contribution < -0.4 is 15.2 Å². The summed E-state index contributed by atoms with van der Waals surface area (Å²) in [4.78, 5) is 23.7. The molecule has 0 spiro atoms. The first-order valence-electron chi connectivity index (χ1n) is 8.98. The normalized spacial score (nSPS) is 12.1. The van der Waals surface area contributed by atoms with E-state index in [0.717, 1.165) is 12.0 Å². The zero-order valence-corrected chi connectivity index (χ0v) is 17.1. The molecular weight excluding hydrogens is 396 g/mol. The molecule has 0 heterocycles. The van der Waals surface area contributed by atoms with E-state index in [-0.39, 0.29) is 11.5 Å². The highest BCUT2D eigenvalue weighted by Gasteiger charge is 2.14. The molecule has 29 heavy (non-hydrogen) atoms. The predicted octanol–water partition coefficient (Wildman–Crippen LogP) is 1.70. The van der Waals surface area contributed by atoms with Gasteiger partial charge in [-0.1, -0.05) is 31.2 Å². The Bertz CT molecular complexity index is 940. The Hall–Kier alpha value is -2.91. The van der Waals surface area contributed by atoms with Gasteiger partial charge in [0.2, 0.25) is 10.0 Å². The van der Waals surface area contributed by atoms with Crippen LogP contribution in [0.1, 0.15) is 31.0 Å². The van der Waals surface area contributed by atoms with Crippen molar-refractivity contribution in [2.45, 2.75) is 31.2 Å². The minimum Gasteiger partial charge on any atom is -0.482 e. The molecule has 2 aromatic rings. The van der Waals surface area contributed by atoms with Gasteiger partial charge in [-0.05, 0) is 48.7 Å². The smallest absolute Gasteiger partial charge is 0.344 e. The number of nitrogens with one attached hydrogen (secondary N) is 1. The molecule has 0 bridgehead atoms. The van der Waals surface area contributed by atoms with Gasteiger partial charge in [0.05, 0.1) is 10.9 Å². The third-order valence-electron chi connectivity index (χ3n) is 4.14. The molecule has 2 aromatic carbocycles. The van der Waals surface area contributed by atoms with Crippen LogP contribution in [0.25, 0.3) is 0 Å². The summed E-state index contributed by atoms with van der Waals surface area (Å²) in [6.45, 7) is 3.01. The van der Waals surface area contributed by atoms with Crippen LogP contribution in [-0.2, 0) is 30.8 Å². The summed E-state index contributed by atoms with van der Waals surface area (Å²) in [7, 11) is -3.77. The van der Waals surface area contributed by atoms with Gasteiger partial charge in [0.25, 0.3) is 5.91 Å². The lowest BCUT2D eigenvalue weighted by Crippen LogP contribution is -2.32. The average Bonchev–Trinajstić information content (AvgIpc) is 2.70. The number of amides is 1. The van der Waals surface area contributed by atoms with Crippen LogP contribution in [0.5, 0.6) is 5.75 Å². The molecule has 0 aliphatic heterocycles. The van der Waals surface area contributed by atoms with Crippen molar-refractivity contribution in [3.8, 4) is 5.75 Å². The van der Waals surface area contributed by atoms with Crippen LogP contribution in [0.3, 0.4) is 0 Å². The molecule has 2 rings (SSSR count). The number of hydrogen-bond donors (Lipinski definition) is 2. The number of nitrogens with two attached hydrogens (primary N) is 1. The molecule has 9 heteroatoms. The van der Waals surface area contributed by atoms with E-state index < -0.39 is 34.5 Å². The highest BCUT2D eigenvalue weighted by Crippen LogP contribution is 2.15. The van der Waals surface area contributed by atoms with E-state index in [4.69, 9.17) is 14.6 Å². The van der Waals surface area contributed by atoms with Crippen molar-refractivity contribution < 1.29 is 27.5 Å². The first kappa shape index (κ1) is 22.4. The van der Waals surface area contributed by atoms with E-state index in [9.17, 15) is 18.0 Å². The molecule has 0 aliphatic carbocycles. The van der Waals surface area contributed by atoms with Gasteiger partial charge >= 0.3 is 5.97 Å². The van der Waals surface area contributed by atoms with Crippen LogP contribution in [0, 0.1) is 0 Å². The van der Waals surface area contributed by atoms with Gasteiger partial charge in [0, 0.05) is 0 Å². The number of rotatable bonds is 9. The zero-order valence-electron chi connectivity index (χ0n) is 16.3. The minimum atomic E-state index is -3.77. The summed E-state index contributed by atoms with van der Waals surface area (Å²) in [5, 5.41) is 7.71. The lowest BCUT2D eigenvalue weighted by molar-refractivity contribution is -0.150. The Labute approximate surface area is 170 Å². The number of esters is 1. The molecule has 0 saturated heterocycles. The van der Waals surface area contributed by atoms with Crippen molar-refractivity contribution in [2.24, 2.45) is 5.14 Å². The number of benzene rings is 2. The minimum absolute atomic E-state index is 0.0157. The van der Waals surface area contributed by atoms with Crippen molar-refractivity contribution in [3.05, 3.63) is 59.7 Å². The predicted molar refractivity (Wildman–Crippen MR) is 107 cm³/mol. The summed E-state index contributed by atoms with van der Waals surface area (Å²) < 4.78 is 32.7. The van der Waals surface area contributed by atoms with Crippen molar-refractivity contribution in [2.75, 3.05) is 13.2 Å². The fourth-order valence-corrected chi connectivity index (χ4v) is 2.98. The number of ether oxygens (including phenoxy) is 2. The van der Waals surface area contributed by atoms with E-state index in [2.05, 4.69) is 5.32 Å². The largest absolute Gasteiger partial charge is 0.482 e. The van der Waals surface area contributed by atoms with Gasteiger partial charge in [-0.2, -0.15) is 0 Å². The highest BCUT2D eigenvalue weighted by molar-refractivity contribution is 7.89. The Kier molecular flexibility index (Phi) is 7.74. The van der Waals surface area contributed by atoms with Gasteiger partial charge < -0.3 is 14.8 Å².